The molecule has 0 bridgehead atoms. The molecule has 0 aromatic heterocycles. The van der Waals surface area contributed by atoms with Gasteiger partial charge in [-0.15, -0.1) is 0 Å². The zero-order chi connectivity index (χ0) is 12.1. The van der Waals surface area contributed by atoms with Crippen LogP contribution >= 0.6 is 15.9 Å². The predicted octanol–water partition coefficient (Wildman–Crippen LogP) is 2.92. The summed E-state index contributed by atoms with van der Waals surface area (Å²) < 4.78 is 24.2. The summed E-state index contributed by atoms with van der Waals surface area (Å²) in [6, 6.07) is 6.86. The molecule has 16 heavy (non-hydrogen) atoms. The van der Waals surface area contributed by atoms with Crippen LogP contribution in [0.2, 0.25) is 0 Å². The third-order valence-electron chi connectivity index (χ3n) is 2.11. The van der Waals surface area contributed by atoms with Crippen LogP contribution in [0.1, 0.15) is 15.9 Å². The molecule has 1 rings (SSSR count). The molecule has 0 aliphatic rings. The molecule has 0 fully saturated rings. The van der Waals surface area contributed by atoms with E-state index in [1.807, 2.05) is 0 Å². The highest BCUT2D eigenvalue weighted by molar-refractivity contribution is 9.08. The molecular formula is C11H12BrF2NO. The Balaban J connectivity index is 2.72. The summed E-state index contributed by atoms with van der Waals surface area (Å²) in [6.45, 7) is -0.543. The van der Waals surface area contributed by atoms with Crippen molar-refractivity contribution in [1.82, 2.24) is 4.90 Å². The van der Waals surface area contributed by atoms with E-state index in [1.54, 1.807) is 24.3 Å². The Bertz CT molecular complexity index is 354. The quantitative estimate of drug-likeness (QED) is 0.781. The molecule has 0 aliphatic heterocycles. The van der Waals surface area contributed by atoms with Crippen LogP contribution in [0, 0.1) is 0 Å². The Morgan fingerprint density at radius 1 is 1.38 bits per heavy atom. The Kier molecular flexibility index (Phi) is 4.86. The van der Waals surface area contributed by atoms with Gasteiger partial charge in [-0.2, -0.15) is 0 Å². The number of benzene rings is 1. The van der Waals surface area contributed by atoms with Gasteiger partial charge in [0.05, 0.1) is 6.54 Å². The molecule has 0 unspecified atom stereocenters. The smallest absolute Gasteiger partial charge is 0.255 e. The maximum atomic E-state index is 12.1. The van der Waals surface area contributed by atoms with E-state index < -0.39 is 13.0 Å². The van der Waals surface area contributed by atoms with Crippen molar-refractivity contribution < 1.29 is 13.6 Å². The SMILES string of the molecule is CN(CC(F)F)C(=O)c1ccc(CBr)cc1. The highest BCUT2D eigenvalue weighted by Gasteiger charge is 2.15. The number of carbonyl (C=O) groups is 1. The summed E-state index contributed by atoms with van der Waals surface area (Å²) in [5.74, 6) is -0.388. The van der Waals surface area contributed by atoms with E-state index in [0.717, 1.165) is 10.5 Å². The maximum Gasteiger partial charge on any atom is 0.255 e. The van der Waals surface area contributed by atoms with Crippen molar-refractivity contribution in [3.8, 4) is 0 Å². The fraction of sp³-hybridized carbons (Fsp3) is 0.364. The van der Waals surface area contributed by atoms with Crippen molar-refractivity contribution in [2.45, 2.75) is 11.8 Å². The second kappa shape index (κ2) is 5.94. The van der Waals surface area contributed by atoms with E-state index in [9.17, 15) is 13.6 Å². The highest BCUT2D eigenvalue weighted by Crippen LogP contribution is 2.10. The van der Waals surface area contributed by atoms with Crippen molar-refractivity contribution in [2.75, 3.05) is 13.6 Å². The molecule has 0 atom stereocenters. The van der Waals surface area contributed by atoms with Crippen LogP contribution in [-0.2, 0) is 5.33 Å². The molecular weight excluding hydrogens is 280 g/mol. The topological polar surface area (TPSA) is 20.3 Å². The molecule has 1 amide bonds. The molecule has 1 aromatic carbocycles. The molecule has 0 N–H and O–H groups in total. The van der Waals surface area contributed by atoms with Gasteiger partial charge in [-0.05, 0) is 17.7 Å². The van der Waals surface area contributed by atoms with E-state index in [4.69, 9.17) is 0 Å². The van der Waals surface area contributed by atoms with Gasteiger partial charge in [0.1, 0.15) is 0 Å². The summed E-state index contributed by atoms with van der Waals surface area (Å²) in [5.41, 5.74) is 1.46. The fourth-order valence-corrected chi connectivity index (χ4v) is 1.62. The average molecular weight is 292 g/mol. The number of hydrogen-bond acceptors (Lipinski definition) is 1. The summed E-state index contributed by atoms with van der Waals surface area (Å²) in [6.07, 6.45) is -2.50. The van der Waals surface area contributed by atoms with Crippen LogP contribution < -0.4 is 0 Å². The second-order valence-electron chi connectivity index (χ2n) is 3.41. The second-order valence-corrected chi connectivity index (χ2v) is 3.97. The molecule has 0 radical (unpaired) electrons. The van der Waals surface area contributed by atoms with Crippen molar-refractivity contribution in [3.05, 3.63) is 35.4 Å². The van der Waals surface area contributed by atoms with Gasteiger partial charge < -0.3 is 4.90 Å². The zero-order valence-corrected chi connectivity index (χ0v) is 10.4. The average Bonchev–Trinajstić information content (AvgIpc) is 2.27. The normalized spacial score (nSPS) is 10.6. The molecule has 88 valence electrons. The van der Waals surface area contributed by atoms with Gasteiger partial charge in [0.25, 0.3) is 12.3 Å². The minimum absolute atomic E-state index is 0.388. The number of carbonyl (C=O) groups excluding carboxylic acids is 1. The minimum atomic E-state index is -2.50. The molecule has 1 aromatic rings. The van der Waals surface area contributed by atoms with Crippen LogP contribution in [-0.4, -0.2) is 30.8 Å². The molecule has 0 saturated heterocycles. The standard InChI is InChI=1S/C11H12BrF2NO/c1-15(7-10(13)14)11(16)9-4-2-8(6-12)3-5-9/h2-5,10H,6-7H2,1H3. The van der Waals surface area contributed by atoms with Crippen LogP contribution in [0.3, 0.4) is 0 Å². The van der Waals surface area contributed by atoms with Crippen LogP contribution in [0.5, 0.6) is 0 Å². The highest BCUT2D eigenvalue weighted by atomic mass is 79.9. The van der Waals surface area contributed by atoms with Gasteiger partial charge >= 0.3 is 0 Å². The first kappa shape index (κ1) is 13.1. The van der Waals surface area contributed by atoms with Gasteiger partial charge in [-0.3, -0.25) is 4.79 Å². The van der Waals surface area contributed by atoms with Gasteiger partial charge in [-0.1, -0.05) is 28.1 Å². The summed E-state index contributed by atoms with van der Waals surface area (Å²) in [5, 5.41) is 0.703. The molecule has 5 heteroatoms. The van der Waals surface area contributed by atoms with Gasteiger partial charge in [0.15, 0.2) is 0 Å². The van der Waals surface area contributed by atoms with E-state index >= 15 is 0 Å². The molecule has 0 spiro atoms. The first-order valence-electron chi connectivity index (χ1n) is 4.73. The van der Waals surface area contributed by atoms with Gasteiger partial charge in [0.2, 0.25) is 0 Å². The Labute approximate surface area is 101 Å². The predicted molar refractivity (Wildman–Crippen MR) is 62.0 cm³/mol. The van der Waals surface area contributed by atoms with E-state index in [0.29, 0.717) is 10.9 Å². The third kappa shape index (κ3) is 3.56. The number of alkyl halides is 3. The number of rotatable bonds is 4. The molecule has 2 nitrogen and oxygen atoms in total. The van der Waals surface area contributed by atoms with E-state index in [1.165, 1.54) is 7.05 Å². The maximum absolute atomic E-state index is 12.1. The summed E-state index contributed by atoms with van der Waals surface area (Å²) >= 11 is 3.29. The largest absolute Gasteiger partial charge is 0.336 e. The molecule has 0 aliphatic carbocycles. The van der Waals surface area contributed by atoms with Crippen LogP contribution in [0.4, 0.5) is 8.78 Å². The molecule has 0 heterocycles. The number of hydrogen-bond donors (Lipinski definition) is 0. The number of halogens is 3. The monoisotopic (exact) mass is 291 g/mol. The third-order valence-corrected chi connectivity index (χ3v) is 2.76. The lowest BCUT2D eigenvalue weighted by Gasteiger charge is -2.16. The summed E-state index contributed by atoms with van der Waals surface area (Å²) in [7, 11) is 1.37. The first-order chi connectivity index (χ1) is 7.54. The van der Waals surface area contributed by atoms with E-state index in [2.05, 4.69) is 15.9 Å². The van der Waals surface area contributed by atoms with Crippen molar-refractivity contribution >= 4 is 21.8 Å². The van der Waals surface area contributed by atoms with E-state index in [-0.39, 0.29) is 5.91 Å². The Morgan fingerprint density at radius 3 is 2.38 bits per heavy atom. The minimum Gasteiger partial charge on any atom is -0.336 e. The lowest BCUT2D eigenvalue weighted by molar-refractivity contribution is 0.0620. The van der Waals surface area contributed by atoms with Crippen molar-refractivity contribution in [2.24, 2.45) is 0 Å². The van der Waals surface area contributed by atoms with Gasteiger partial charge in [-0.25, -0.2) is 8.78 Å². The lowest BCUT2D eigenvalue weighted by Crippen LogP contribution is -2.31. The number of nitrogens with zero attached hydrogens (tertiary/aromatic N) is 1. The Morgan fingerprint density at radius 2 is 1.94 bits per heavy atom. The number of amides is 1. The summed E-state index contributed by atoms with van der Waals surface area (Å²) in [4.78, 5) is 12.7. The fourth-order valence-electron chi connectivity index (χ4n) is 1.25. The van der Waals surface area contributed by atoms with Crippen molar-refractivity contribution in [1.29, 1.82) is 0 Å². The molecule has 0 saturated carbocycles. The zero-order valence-electron chi connectivity index (χ0n) is 8.79. The lowest BCUT2D eigenvalue weighted by atomic mass is 10.1. The first-order valence-corrected chi connectivity index (χ1v) is 5.85. The van der Waals surface area contributed by atoms with Crippen molar-refractivity contribution in [3.63, 3.8) is 0 Å². The van der Waals surface area contributed by atoms with Crippen LogP contribution in [0.25, 0.3) is 0 Å². The van der Waals surface area contributed by atoms with Crippen LogP contribution in [0.15, 0.2) is 24.3 Å². The Hall–Kier alpha value is -0.970. The van der Waals surface area contributed by atoms with Gasteiger partial charge in [0, 0.05) is 17.9 Å².